The van der Waals surface area contributed by atoms with E-state index >= 15 is 0 Å². The first-order valence-corrected chi connectivity index (χ1v) is 15.9. The summed E-state index contributed by atoms with van der Waals surface area (Å²) in [5.74, 6) is 0.120. The number of hydrogen-bond donors (Lipinski definition) is 2. The van der Waals surface area contributed by atoms with Gasteiger partial charge in [0.25, 0.3) is 5.56 Å². The number of carbonyl (C=O) groups is 1. The molecule has 1 atom stereocenters. The van der Waals surface area contributed by atoms with Gasteiger partial charge in [0, 0.05) is 76.5 Å². The number of hydrogen-bond acceptors (Lipinski definition) is 8. The lowest BCUT2D eigenvalue weighted by molar-refractivity contribution is 0.0876. The fraction of sp³-hybridized carbons (Fsp3) is 0.257. The van der Waals surface area contributed by atoms with Gasteiger partial charge in [-0.1, -0.05) is 41.4 Å². The maximum absolute atomic E-state index is 14.5. The Labute approximate surface area is 276 Å². The van der Waals surface area contributed by atoms with Crippen molar-refractivity contribution in [1.29, 1.82) is 0 Å². The Morgan fingerprint density at radius 1 is 0.891 bits per heavy atom. The van der Waals surface area contributed by atoms with Crippen LogP contribution in [-0.2, 0) is 0 Å². The molecule has 0 aliphatic carbocycles. The number of carbonyl (C=O) groups excluding carboxylic acids is 1. The number of ketones is 1. The Hall–Kier alpha value is -4.44. The molecule has 0 saturated carbocycles. The van der Waals surface area contributed by atoms with E-state index in [1.165, 1.54) is 4.57 Å². The van der Waals surface area contributed by atoms with E-state index in [1.54, 1.807) is 36.5 Å². The molecule has 7 rings (SSSR count). The maximum atomic E-state index is 14.5. The van der Waals surface area contributed by atoms with Crippen LogP contribution in [0, 0.1) is 0 Å². The second-order valence-corrected chi connectivity index (χ2v) is 13.3. The molecule has 1 unspecified atom stereocenters. The minimum absolute atomic E-state index is 0.185. The number of nitrogens with one attached hydrogen (secondary N) is 2. The van der Waals surface area contributed by atoms with E-state index in [9.17, 15) is 9.59 Å². The van der Waals surface area contributed by atoms with Crippen LogP contribution in [0.1, 0.15) is 30.2 Å². The summed E-state index contributed by atoms with van der Waals surface area (Å²) in [5, 5.41) is 8.14. The number of Topliss-reactive ketones (excluding diaryl/α,β-unsaturated/α-hetero) is 1. The largest absolute Gasteiger partial charge is 0.377 e. The number of piperazine rings is 1. The van der Waals surface area contributed by atoms with Crippen molar-refractivity contribution in [2.75, 3.05) is 48.8 Å². The summed E-state index contributed by atoms with van der Waals surface area (Å²) in [4.78, 5) is 42.9. The van der Waals surface area contributed by atoms with E-state index in [1.807, 2.05) is 44.2 Å². The summed E-state index contributed by atoms with van der Waals surface area (Å²) in [6, 6.07) is 21.3. The third-order valence-electron chi connectivity index (χ3n) is 8.83. The van der Waals surface area contributed by atoms with E-state index in [-0.39, 0.29) is 5.78 Å². The number of fused-ring (bicyclic) bond motifs is 2. The molecule has 5 aromatic rings. The predicted molar refractivity (Wildman–Crippen MR) is 186 cm³/mol. The molecule has 11 heteroatoms. The Kier molecular flexibility index (Phi) is 7.71. The van der Waals surface area contributed by atoms with Crippen molar-refractivity contribution in [3.8, 4) is 11.1 Å². The molecule has 2 aliphatic rings. The van der Waals surface area contributed by atoms with E-state index < -0.39 is 17.1 Å². The number of rotatable bonds is 5. The minimum Gasteiger partial charge on any atom is -0.377 e. The summed E-state index contributed by atoms with van der Waals surface area (Å²) < 4.78 is 1.49. The standard InChI is InChI=1S/C35H33Cl2N7O2/c1-35(2)31(30(45)26-6-4-5-7-29(26)41-35)44-32-21(18-27(33(44)46)25-13-8-22(36)19-28(25)37)20-38-34(40-32)39-23-9-11-24(12-10-23)43-16-14-42(3)15-17-43/h4-13,18-20,31,41H,14-17H2,1-3H3,(H,38,39,40). The molecule has 46 heavy (non-hydrogen) atoms. The molecule has 0 radical (unpaired) electrons. The van der Waals surface area contributed by atoms with Crippen molar-refractivity contribution >= 4 is 63.0 Å². The molecule has 4 heterocycles. The number of pyridine rings is 1. The van der Waals surface area contributed by atoms with Gasteiger partial charge in [-0.3, -0.25) is 14.2 Å². The highest BCUT2D eigenvalue weighted by Gasteiger charge is 2.44. The summed E-state index contributed by atoms with van der Waals surface area (Å²) in [6.07, 6.45) is 1.66. The van der Waals surface area contributed by atoms with E-state index in [0.717, 1.165) is 43.2 Å². The second kappa shape index (κ2) is 11.7. The van der Waals surface area contributed by atoms with Gasteiger partial charge in [0.2, 0.25) is 5.95 Å². The molecule has 234 valence electrons. The summed E-state index contributed by atoms with van der Waals surface area (Å²) in [7, 11) is 2.14. The Balaban J connectivity index is 1.34. The van der Waals surface area contributed by atoms with Crippen LogP contribution in [0.3, 0.4) is 0 Å². The molecule has 1 fully saturated rings. The van der Waals surface area contributed by atoms with Crippen molar-refractivity contribution < 1.29 is 4.79 Å². The molecule has 1 saturated heterocycles. The smallest absolute Gasteiger partial charge is 0.260 e. The van der Waals surface area contributed by atoms with Crippen LogP contribution in [0.25, 0.3) is 22.2 Å². The third kappa shape index (κ3) is 5.48. The summed E-state index contributed by atoms with van der Waals surface area (Å²) >= 11 is 12.8. The van der Waals surface area contributed by atoms with Crippen molar-refractivity contribution in [1.82, 2.24) is 19.4 Å². The number of halogens is 2. The Morgan fingerprint density at radius 3 is 2.37 bits per heavy atom. The lowest BCUT2D eigenvalue weighted by Gasteiger charge is -2.41. The van der Waals surface area contributed by atoms with E-state index in [0.29, 0.717) is 43.7 Å². The van der Waals surface area contributed by atoms with Gasteiger partial charge in [-0.25, -0.2) is 4.98 Å². The highest BCUT2D eigenvalue weighted by atomic mass is 35.5. The molecule has 0 amide bonds. The molecule has 2 aromatic heterocycles. The number of para-hydroxylation sites is 1. The minimum atomic E-state index is -0.922. The van der Waals surface area contributed by atoms with Crippen molar-refractivity contribution in [3.63, 3.8) is 0 Å². The lowest BCUT2D eigenvalue weighted by atomic mass is 9.82. The van der Waals surface area contributed by atoms with E-state index in [2.05, 4.69) is 44.6 Å². The van der Waals surface area contributed by atoms with Crippen LogP contribution in [0.4, 0.5) is 23.0 Å². The van der Waals surface area contributed by atoms with Crippen molar-refractivity contribution in [2.24, 2.45) is 0 Å². The quantitative estimate of drug-likeness (QED) is 0.212. The molecule has 9 nitrogen and oxygen atoms in total. The molecule has 0 spiro atoms. The summed E-state index contributed by atoms with van der Waals surface area (Å²) in [5.41, 5.74) is 3.11. The van der Waals surface area contributed by atoms with Crippen LogP contribution >= 0.6 is 23.2 Å². The zero-order valence-corrected chi connectivity index (χ0v) is 27.2. The highest BCUT2D eigenvalue weighted by molar-refractivity contribution is 6.36. The molecule has 0 bridgehead atoms. The molecule has 2 aliphatic heterocycles. The van der Waals surface area contributed by atoms with Crippen LogP contribution in [0.2, 0.25) is 10.0 Å². The first kappa shape index (κ1) is 30.2. The number of benzene rings is 3. The van der Waals surface area contributed by atoms with Gasteiger partial charge >= 0.3 is 0 Å². The van der Waals surface area contributed by atoms with Gasteiger partial charge < -0.3 is 20.4 Å². The fourth-order valence-electron chi connectivity index (χ4n) is 6.41. The highest BCUT2D eigenvalue weighted by Crippen LogP contribution is 2.39. The number of likely N-dealkylation sites (N-methyl/N-ethyl adjacent to an activating group) is 1. The summed E-state index contributed by atoms with van der Waals surface area (Å²) in [6.45, 7) is 7.84. The fourth-order valence-corrected chi connectivity index (χ4v) is 6.92. The number of aromatic nitrogens is 3. The zero-order chi connectivity index (χ0) is 32.2. The Morgan fingerprint density at radius 2 is 1.63 bits per heavy atom. The second-order valence-electron chi connectivity index (χ2n) is 12.5. The van der Waals surface area contributed by atoms with Crippen LogP contribution in [0.5, 0.6) is 0 Å². The van der Waals surface area contributed by atoms with Crippen LogP contribution in [-0.4, -0.2) is 64.0 Å². The normalized spacial score (nSPS) is 17.9. The zero-order valence-electron chi connectivity index (χ0n) is 25.7. The molecular weight excluding hydrogens is 621 g/mol. The topological polar surface area (TPSA) is 95.4 Å². The van der Waals surface area contributed by atoms with Gasteiger partial charge in [-0.15, -0.1) is 0 Å². The van der Waals surface area contributed by atoms with Gasteiger partial charge in [0.15, 0.2) is 5.78 Å². The van der Waals surface area contributed by atoms with Crippen LogP contribution < -0.4 is 21.1 Å². The average Bonchev–Trinajstić information content (AvgIpc) is 3.03. The molecule has 2 N–H and O–H groups in total. The van der Waals surface area contributed by atoms with Gasteiger partial charge in [0.1, 0.15) is 11.7 Å². The molecular formula is C35H33Cl2N7O2. The van der Waals surface area contributed by atoms with Crippen molar-refractivity contribution in [3.05, 3.63) is 105 Å². The lowest BCUT2D eigenvalue weighted by Crippen LogP contribution is -2.51. The van der Waals surface area contributed by atoms with Crippen LogP contribution in [0.15, 0.2) is 83.8 Å². The third-order valence-corrected chi connectivity index (χ3v) is 9.37. The number of nitrogens with zero attached hydrogens (tertiary/aromatic N) is 5. The van der Waals surface area contributed by atoms with Crippen molar-refractivity contribution in [2.45, 2.75) is 25.4 Å². The Bertz CT molecular complexity index is 2040. The van der Waals surface area contributed by atoms with Gasteiger partial charge in [-0.05, 0) is 75.5 Å². The SMILES string of the molecule is CN1CCN(c2ccc(Nc3ncc4cc(-c5ccc(Cl)cc5Cl)c(=O)n(C5C(=O)c6ccccc6NC5(C)C)c4n3)cc2)CC1. The monoisotopic (exact) mass is 653 g/mol. The van der Waals surface area contributed by atoms with Gasteiger partial charge in [-0.2, -0.15) is 4.98 Å². The van der Waals surface area contributed by atoms with Gasteiger partial charge in [0.05, 0.1) is 10.6 Å². The molecule has 3 aromatic carbocycles. The number of anilines is 4. The first-order valence-electron chi connectivity index (χ1n) is 15.2. The predicted octanol–water partition coefficient (Wildman–Crippen LogP) is 6.89. The average molecular weight is 655 g/mol. The van der Waals surface area contributed by atoms with E-state index in [4.69, 9.17) is 28.2 Å². The maximum Gasteiger partial charge on any atom is 0.260 e. The first-order chi connectivity index (χ1) is 22.1.